The number of benzene rings is 1. The summed E-state index contributed by atoms with van der Waals surface area (Å²) < 4.78 is 13.3. The third-order valence-electron chi connectivity index (χ3n) is 2.72. The van der Waals surface area contributed by atoms with Gasteiger partial charge in [0.2, 0.25) is 0 Å². The lowest BCUT2D eigenvalue weighted by Crippen LogP contribution is -2.46. The summed E-state index contributed by atoms with van der Waals surface area (Å²) in [5.74, 6) is -0.910. The Balaban J connectivity index is 2.88. The molecule has 0 aliphatic carbocycles. The van der Waals surface area contributed by atoms with Gasteiger partial charge in [0.05, 0.1) is 11.3 Å². The van der Waals surface area contributed by atoms with Crippen LogP contribution in [0.25, 0.3) is 0 Å². The third kappa shape index (κ3) is 4.54. The first kappa shape index (κ1) is 15.5. The summed E-state index contributed by atoms with van der Waals surface area (Å²) in [6, 6.07) is 4.25. The smallest absolute Gasteiger partial charge is 0.253 e. The molecule has 0 atom stereocenters. The Labute approximate surface area is 114 Å². The van der Waals surface area contributed by atoms with E-state index in [9.17, 15) is 9.18 Å². The summed E-state index contributed by atoms with van der Waals surface area (Å²) in [6.07, 6.45) is 0.807. The van der Waals surface area contributed by atoms with Crippen molar-refractivity contribution in [2.75, 3.05) is 5.73 Å². The van der Waals surface area contributed by atoms with Crippen LogP contribution < -0.4 is 11.1 Å². The summed E-state index contributed by atoms with van der Waals surface area (Å²) in [7, 11) is 0. The highest BCUT2D eigenvalue weighted by atomic mass is 19.1. The number of hydrogen-bond acceptors (Lipinski definition) is 2. The van der Waals surface area contributed by atoms with Crippen LogP contribution in [0.4, 0.5) is 10.1 Å². The van der Waals surface area contributed by atoms with Crippen molar-refractivity contribution in [3.63, 3.8) is 0 Å². The van der Waals surface area contributed by atoms with Gasteiger partial charge >= 0.3 is 0 Å². The molecule has 0 unspecified atom stereocenters. The predicted molar refractivity (Wildman–Crippen MR) is 76.4 cm³/mol. The van der Waals surface area contributed by atoms with Gasteiger partial charge in [-0.15, -0.1) is 0 Å². The molecule has 0 radical (unpaired) electrons. The van der Waals surface area contributed by atoms with Crippen molar-refractivity contribution >= 4 is 11.6 Å². The van der Waals surface area contributed by atoms with Crippen molar-refractivity contribution in [1.29, 1.82) is 0 Å². The molecule has 0 aliphatic rings. The number of amides is 1. The van der Waals surface area contributed by atoms with Crippen molar-refractivity contribution in [3.05, 3.63) is 29.6 Å². The quantitative estimate of drug-likeness (QED) is 0.824. The SMILES string of the molecule is CC(C)(C)CC(C)(C)NC(=O)c1cccc(F)c1N. The van der Waals surface area contributed by atoms with E-state index in [2.05, 4.69) is 26.1 Å². The molecule has 106 valence electrons. The van der Waals surface area contributed by atoms with E-state index in [-0.39, 0.29) is 28.1 Å². The molecule has 0 fully saturated rings. The Morgan fingerprint density at radius 2 is 1.84 bits per heavy atom. The molecule has 1 rings (SSSR count). The number of nitrogens with two attached hydrogens (primary N) is 1. The minimum Gasteiger partial charge on any atom is -0.396 e. The van der Waals surface area contributed by atoms with Crippen LogP contribution in [0, 0.1) is 11.2 Å². The van der Waals surface area contributed by atoms with Crippen LogP contribution >= 0.6 is 0 Å². The first-order valence-electron chi connectivity index (χ1n) is 6.38. The first-order valence-corrected chi connectivity index (χ1v) is 6.38. The standard InChI is InChI=1S/C15H23FN2O/c1-14(2,3)9-15(4,5)18-13(19)10-7-6-8-11(16)12(10)17/h6-8H,9,17H2,1-5H3,(H,18,19). The molecule has 0 aliphatic heterocycles. The molecule has 3 N–H and O–H groups in total. The number of nitrogen functional groups attached to an aromatic ring is 1. The number of anilines is 1. The highest BCUT2D eigenvalue weighted by Crippen LogP contribution is 2.27. The minimum absolute atomic E-state index is 0.0876. The van der Waals surface area contributed by atoms with Crippen LogP contribution in [-0.2, 0) is 0 Å². The maximum Gasteiger partial charge on any atom is 0.253 e. The van der Waals surface area contributed by atoms with Gasteiger partial charge in [-0.3, -0.25) is 4.79 Å². The van der Waals surface area contributed by atoms with Gasteiger partial charge in [-0.2, -0.15) is 0 Å². The van der Waals surface area contributed by atoms with Crippen LogP contribution in [0.1, 0.15) is 51.4 Å². The molecule has 1 amide bonds. The number of hydrogen-bond donors (Lipinski definition) is 2. The van der Waals surface area contributed by atoms with Crippen LogP contribution in [0.2, 0.25) is 0 Å². The third-order valence-corrected chi connectivity index (χ3v) is 2.72. The van der Waals surface area contributed by atoms with Crippen molar-refractivity contribution in [2.45, 2.75) is 46.6 Å². The Morgan fingerprint density at radius 1 is 1.26 bits per heavy atom. The monoisotopic (exact) mass is 266 g/mol. The van der Waals surface area contributed by atoms with Gasteiger partial charge in [0.15, 0.2) is 0 Å². The molecule has 0 aromatic heterocycles. The number of para-hydroxylation sites is 1. The lowest BCUT2D eigenvalue weighted by Gasteiger charge is -2.33. The van der Waals surface area contributed by atoms with Gasteiger partial charge in [0, 0.05) is 5.54 Å². The van der Waals surface area contributed by atoms with Gasteiger partial charge in [-0.1, -0.05) is 26.8 Å². The van der Waals surface area contributed by atoms with Crippen LogP contribution in [0.15, 0.2) is 18.2 Å². The summed E-state index contributed by atoms with van der Waals surface area (Å²) >= 11 is 0. The lowest BCUT2D eigenvalue weighted by molar-refractivity contribution is 0.0892. The van der Waals surface area contributed by atoms with Crippen LogP contribution in [0.5, 0.6) is 0 Å². The van der Waals surface area contributed by atoms with Crippen molar-refractivity contribution in [2.24, 2.45) is 5.41 Å². The van der Waals surface area contributed by atoms with Crippen molar-refractivity contribution < 1.29 is 9.18 Å². The highest BCUT2D eigenvalue weighted by molar-refractivity contribution is 5.99. The second-order valence-corrected chi connectivity index (χ2v) is 6.78. The fourth-order valence-electron chi connectivity index (χ4n) is 2.48. The Kier molecular flexibility index (Phi) is 4.23. The fourth-order valence-corrected chi connectivity index (χ4v) is 2.48. The van der Waals surface area contributed by atoms with E-state index in [0.717, 1.165) is 6.42 Å². The second kappa shape index (κ2) is 5.19. The molecule has 19 heavy (non-hydrogen) atoms. The minimum atomic E-state index is -0.568. The summed E-state index contributed by atoms with van der Waals surface area (Å²) in [4.78, 5) is 12.2. The molecule has 0 saturated carbocycles. The number of nitrogens with one attached hydrogen (secondary N) is 1. The van der Waals surface area contributed by atoms with Gasteiger partial charge in [-0.25, -0.2) is 4.39 Å². The Bertz CT molecular complexity index is 476. The zero-order valence-corrected chi connectivity index (χ0v) is 12.3. The second-order valence-electron chi connectivity index (χ2n) is 6.78. The van der Waals surface area contributed by atoms with Crippen LogP contribution in [0.3, 0.4) is 0 Å². The maximum atomic E-state index is 13.3. The Hall–Kier alpha value is -1.58. The first-order chi connectivity index (χ1) is 8.52. The van der Waals surface area contributed by atoms with E-state index >= 15 is 0 Å². The average molecular weight is 266 g/mol. The van der Waals surface area contributed by atoms with Gasteiger partial charge < -0.3 is 11.1 Å². The zero-order valence-electron chi connectivity index (χ0n) is 12.3. The lowest BCUT2D eigenvalue weighted by atomic mass is 9.81. The van der Waals surface area contributed by atoms with E-state index < -0.39 is 5.82 Å². The zero-order chi connectivity index (χ0) is 14.8. The normalized spacial score (nSPS) is 12.3. The van der Waals surface area contributed by atoms with E-state index in [1.54, 1.807) is 0 Å². The molecule has 0 bridgehead atoms. The molecule has 4 heteroatoms. The van der Waals surface area contributed by atoms with E-state index in [1.165, 1.54) is 18.2 Å². The van der Waals surface area contributed by atoms with Gasteiger partial charge in [0.1, 0.15) is 5.82 Å². The molecule has 0 spiro atoms. The number of halogens is 1. The fraction of sp³-hybridized carbons (Fsp3) is 0.533. The van der Waals surface area contributed by atoms with Crippen molar-refractivity contribution in [1.82, 2.24) is 5.32 Å². The maximum absolute atomic E-state index is 13.3. The molecule has 0 saturated heterocycles. The molecule has 1 aromatic rings. The van der Waals surface area contributed by atoms with Gasteiger partial charge in [0.25, 0.3) is 5.91 Å². The summed E-state index contributed by atoms with van der Waals surface area (Å²) in [6.45, 7) is 10.2. The molecular weight excluding hydrogens is 243 g/mol. The summed E-state index contributed by atoms with van der Waals surface area (Å²) in [5, 5.41) is 2.91. The predicted octanol–water partition coefficient (Wildman–Crippen LogP) is 3.35. The highest BCUT2D eigenvalue weighted by Gasteiger charge is 2.28. The van der Waals surface area contributed by atoms with Gasteiger partial charge in [-0.05, 0) is 37.8 Å². The molecule has 1 aromatic carbocycles. The molecule has 3 nitrogen and oxygen atoms in total. The average Bonchev–Trinajstić information content (AvgIpc) is 2.17. The topological polar surface area (TPSA) is 55.1 Å². The number of carbonyl (C=O) groups is 1. The summed E-state index contributed by atoms with van der Waals surface area (Å²) in [5.41, 5.74) is 5.38. The molecule has 0 heterocycles. The van der Waals surface area contributed by atoms with Crippen LogP contribution in [-0.4, -0.2) is 11.4 Å². The van der Waals surface area contributed by atoms with E-state index in [1.807, 2.05) is 13.8 Å². The van der Waals surface area contributed by atoms with E-state index in [0.29, 0.717) is 0 Å². The number of carbonyl (C=O) groups excluding carboxylic acids is 1. The van der Waals surface area contributed by atoms with Crippen molar-refractivity contribution in [3.8, 4) is 0 Å². The Morgan fingerprint density at radius 3 is 2.37 bits per heavy atom. The number of rotatable bonds is 3. The van der Waals surface area contributed by atoms with E-state index in [4.69, 9.17) is 5.73 Å². The largest absolute Gasteiger partial charge is 0.396 e. The molecular formula is C15H23FN2O.